The SMILES string of the molecule is Cc1noc(C)c1-c1ccc2ncc(-c3nc(NC4CCC(N)CC4)ncc3Cl)n2c1. The molecule has 0 saturated heterocycles. The van der Waals surface area contributed by atoms with Gasteiger partial charge < -0.3 is 15.6 Å². The van der Waals surface area contributed by atoms with Crippen LogP contribution in [0.5, 0.6) is 0 Å². The minimum absolute atomic E-state index is 0.296. The highest BCUT2D eigenvalue weighted by atomic mass is 35.5. The number of rotatable bonds is 4. The number of nitrogens with zero attached hydrogens (tertiary/aromatic N) is 5. The second-order valence-corrected chi connectivity index (χ2v) is 8.54. The van der Waals surface area contributed by atoms with E-state index in [0.29, 0.717) is 28.7 Å². The summed E-state index contributed by atoms with van der Waals surface area (Å²) in [5.74, 6) is 1.34. The number of pyridine rings is 1. The first-order valence-corrected chi connectivity index (χ1v) is 10.8. The van der Waals surface area contributed by atoms with Gasteiger partial charge in [0.25, 0.3) is 0 Å². The Morgan fingerprint density at radius 2 is 1.94 bits per heavy atom. The summed E-state index contributed by atoms with van der Waals surface area (Å²) < 4.78 is 7.32. The average molecular weight is 438 g/mol. The van der Waals surface area contributed by atoms with Crippen molar-refractivity contribution >= 4 is 23.2 Å². The van der Waals surface area contributed by atoms with Gasteiger partial charge in [-0.2, -0.15) is 0 Å². The normalized spacial score (nSPS) is 19.1. The van der Waals surface area contributed by atoms with Crippen molar-refractivity contribution < 1.29 is 4.52 Å². The summed E-state index contributed by atoms with van der Waals surface area (Å²) in [5.41, 5.74) is 11.1. The fourth-order valence-corrected chi connectivity index (χ4v) is 4.45. The number of halogens is 1. The number of aromatic nitrogens is 5. The number of anilines is 1. The molecular formula is C22H24ClN7O. The fraction of sp³-hybridized carbons (Fsp3) is 0.364. The fourth-order valence-electron chi connectivity index (χ4n) is 4.26. The summed E-state index contributed by atoms with van der Waals surface area (Å²) in [5, 5.41) is 7.98. The summed E-state index contributed by atoms with van der Waals surface area (Å²) in [7, 11) is 0. The van der Waals surface area contributed by atoms with E-state index in [4.69, 9.17) is 26.8 Å². The molecule has 0 spiro atoms. The van der Waals surface area contributed by atoms with Crippen LogP contribution in [0.1, 0.15) is 37.1 Å². The van der Waals surface area contributed by atoms with E-state index in [-0.39, 0.29) is 0 Å². The number of hydrogen-bond donors (Lipinski definition) is 2. The Labute approximate surface area is 184 Å². The third-order valence-electron chi connectivity index (χ3n) is 5.92. The van der Waals surface area contributed by atoms with Crippen molar-refractivity contribution in [3.63, 3.8) is 0 Å². The van der Waals surface area contributed by atoms with Gasteiger partial charge in [0.2, 0.25) is 5.95 Å². The van der Waals surface area contributed by atoms with Crippen molar-refractivity contribution in [2.75, 3.05) is 5.32 Å². The Kier molecular flexibility index (Phi) is 5.11. The van der Waals surface area contributed by atoms with Crippen LogP contribution in [0.3, 0.4) is 0 Å². The van der Waals surface area contributed by atoms with E-state index in [9.17, 15) is 0 Å². The van der Waals surface area contributed by atoms with Crippen LogP contribution in [0.25, 0.3) is 28.2 Å². The molecule has 4 aromatic rings. The van der Waals surface area contributed by atoms with Gasteiger partial charge in [-0.05, 0) is 51.7 Å². The van der Waals surface area contributed by atoms with Gasteiger partial charge >= 0.3 is 0 Å². The maximum absolute atomic E-state index is 6.50. The first-order valence-electron chi connectivity index (χ1n) is 10.4. The summed E-state index contributed by atoms with van der Waals surface area (Å²) in [6, 6.07) is 4.59. The van der Waals surface area contributed by atoms with Gasteiger partial charge in [0.05, 0.1) is 28.8 Å². The summed E-state index contributed by atoms with van der Waals surface area (Å²) in [4.78, 5) is 13.6. The van der Waals surface area contributed by atoms with Crippen molar-refractivity contribution in [3.05, 3.63) is 47.2 Å². The molecule has 1 aliphatic rings. The van der Waals surface area contributed by atoms with E-state index in [0.717, 1.165) is 59.6 Å². The van der Waals surface area contributed by atoms with Crippen molar-refractivity contribution in [1.29, 1.82) is 0 Å². The standard InChI is InChI=1S/C22H24ClN7O/c1-12-20(13(2)31-29-12)14-3-8-19-25-10-18(30(19)11-14)21-17(23)9-26-22(28-21)27-16-6-4-15(24)5-7-16/h3,8-11,15-16H,4-7,24H2,1-2H3,(H,26,27,28). The number of imidazole rings is 1. The Morgan fingerprint density at radius 3 is 2.68 bits per heavy atom. The molecule has 5 rings (SSSR count). The molecular weight excluding hydrogens is 414 g/mol. The largest absolute Gasteiger partial charge is 0.361 e. The highest BCUT2D eigenvalue weighted by molar-refractivity contribution is 6.32. The Morgan fingerprint density at radius 1 is 1.13 bits per heavy atom. The number of hydrogen-bond acceptors (Lipinski definition) is 7. The molecule has 0 aromatic carbocycles. The van der Waals surface area contributed by atoms with E-state index in [2.05, 4.69) is 20.4 Å². The molecule has 4 aromatic heterocycles. The smallest absolute Gasteiger partial charge is 0.223 e. The van der Waals surface area contributed by atoms with Crippen molar-refractivity contribution in [2.24, 2.45) is 5.73 Å². The molecule has 9 heteroatoms. The van der Waals surface area contributed by atoms with Gasteiger partial charge in [0.1, 0.15) is 17.1 Å². The van der Waals surface area contributed by atoms with Gasteiger partial charge in [-0.1, -0.05) is 16.8 Å². The van der Waals surface area contributed by atoms with Crippen LogP contribution >= 0.6 is 11.6 Å². The molecule has 0 atom stereocenters. The van der Waals surface area contributed by atoms with Crippen LogP contribution in [0.15, 0.2) is 35.2 Å². The van der Waals surface area contributed by atoms with E-state index >= 15 is 0 Å². The lowest BCUT2D eigenvalue weighted by molar-refractivity contribution is 0.393. The number of nitrogens with two attached hydrogens (primary N) is 1. The third-order valence-corrected chi connectivity index (χ3v) is 6.20. The second kappa shape index (κ2) is 7.94. The maximum atomic E-state index is 6.50. The molecule has 31 heavy (non-hydrogen) atoms. The van der Waals surface area contributed by atoms with Crippen LogP contribution in [-0.4, -0.2) is 36.6 Å². The maximum Gasteiger partial charge on any atom is 0.223 e. The zero-order chi connectivity index (χ0) is 21.5. The zero-order valence-electron chi connectivity index (χ0n) is 17.5. The Hall–Kier alpha value is -2.97. The molecule has 1 saturated carbocycles. The van der Waals surface area contributed by atoms with E-state index in [1.165, 1.54) is 0 Å². The third kappa shape index (κ3) is 3.77. The highest BCUT2D eigenvalue weighted by Crippen LogP contribution is 2.31. The summed E-state index contributed by atoms with van der Waals surface area (Å²) >= 11 is 6.50. The first-order chi connectivity index (χ1) is 15.0. The van der Waals surface area contributed by atoms with E-state index in [1.54, 1.807) is 12.4 Å². The monoisotopic (exact) mass is 437 g/mol. The van der Waals surface area contributed by atoms with Crippen LogP contribution in [0.4, 0.5) is 5.95 Å². The van der Waals surface area contributed by atoms with Gasteiger partial charge in [-0.25, -0.2) is 15.0 Å². The predicted octanol–water partition coefficient (Wildman–Crippen LogP) is 4.40. The van der Waals surface area contributed by atoms with Crippen LogP contribution < -0.4 is 11.1 Å². The minimum Gasteiger partial charge on any atom is -0.361 e. The molecule has 0 amide bonds. The van der Waals surface area contributed by atoms with Gasteiger partial charge in [-0.3, -0.25) is 4.40 Å². The molecule has 8 nitrogen and oxygen atoms in total. The average Bonchev–Trinajstić information content (AvgIpc) is 3.33. The summed E-state index contributed by atoms with van der Waals surface area (Å²) in [6.45, 7) is 3.84. The molecule has 4 heterocycles. The molecule has 3 N–H and O–H groups in total. The van der Waals surface area contributed by atoms with Gasteiger partial charge in [0.15, 0.2) is 0 Å². The highest BCUT2D eigenvalue weighted by Gasteiger charge is 2.20. The second-order valence-electron chi connectivity index (χ2n) is 8.13. The van der Waals surface area contributed by atoms with Crippen LogP contribution in [0, 0.1) is 13.8 Å². The first kappa shape index (κ1) is 20.0. The molecule has 0 radical (unpaired) electrons. The lowest BCUT2D eigenvalue weighted by atomic mass is 9.92. The molecule has 1 aliphatic carbocycles. The molecule has 0 bridgehead atoms. The lowest BCUT2D eigenvalue weighted by Gasteiger charge is -2.26. The van der Waals surface area contributed by atoms with Crippen LogP contribution in [-0.2, 0) is 0 Å². The molecule has 0 unspecified atom stereocenters. The molecule has 1 fully saturated rings. The predicted molar refractivity (Wildman–Crippen MR) is 120 cm³/mol. The number of nitrogens with one attached hydrogen (secondary N) is 1. The van der Waals surface area contributed by atoms with E-state index < -0.39 is 0 Å². The lowest BCUT2D eigenvalue weighted by Crippen LogP contribution is -2.33. The number of aryl methyl sites for hydroxylation is 2. The van der Waals surface area contributed by atoms with Crippen molar-refractivity contribution in [2.45, 2.75) is 51.6 Å². The summed E-state index contributed by atoms with van der Waals surface area (Å²) in [6.07, 6.45) is 9.48. The van der Waals surface area contributed by atoms with Crippen molar-refractivity contribution in [1.82, 2.24) is 24.5 Å². The Balaban J connectivity index is 1.52. The van der Waals surface area contributed by atoms with Crippen molar-refractivity contribution in [3.8, 4) is 22.5 Å². The topological polar surface area (TPSA) is 107 Å². The van der Waals surface area contributed by atoms with E-state index in [1.807, 2.05) is 36.6 Å². The quantitative estimate of drug-likeness (QED) is 0.487. The van der Waals surface area contributed by atoms with Gasteiger partial charge in [0, 0.05) is 29.4 Å². The molecule has 160 valence electrons. The Bertz CT molecular complexity index is 1220. The van der Waals surface area contributed by atoms with Gasteiger partial charge in [-0.15, -0.1) is 0 Å². The number of fused-ring (bicyclic) bond motifs is 1. The molecule has 0 aliphatic heterocycles. The zero-order valence-corrected chi connectivity index (χ0v) is 18.2. The minimum atomic E-state index is 0.296. The van der Waals surface area contributed by atoms with Crippen LogP contribution in [0.2, 0.25) is 5.02 Å².